The molecule has 2 aromatic carbocycles. The Balaban J connectivity index is 2.25. The van der Waals surface area contributed by atoms with E-state index in [0.29, 0.717) is 0 Å². The van der Waals surface area contributed by atoms with Crippen LogP contribution in [0.4, 0.5) is 0 Å². The van der Waals surface area contributed by atoms with Gasteiger partial charge < -0.3 is 9.47 Å². The number of nitrogens with zero attached hydrogens (tertiary/aromatic N) is 1. The Bertz CT molecular complexity index is 884. The highest BCUT2D eigenvalue weighted by atomic mass is 16.5. The first-order chi connectivity index (χ1) is 13.2. The molecule has 0 saturated heterocycles. The van der Waals surface area contributed by atoms with Gasteiger partial charge in [0, 0.05) is 17.5 Å². The minimum atomic E-state index is 0.862. The fourth-order valence-corrected chi connectivity index (χ4v) is 3.47. The van der Waals surface area contributed by atoms with E-state index >= 15 is 0 Å². The van der Waals surface area contributed by atoms with Crippen molar-refractivity contribution in [3.05, 3.63) is 66.0 Å². The second-order valence-electron chi connectivity index (χ2n) is 6.54. The Kier molecular flexibility index (Phi) is 6.12. The highest BCUT2D eigenvalue weighted by Gasteiger charge is 2.17. The Morgan fingerprint density at radius 2 is 1.26 bits per heavy atom. The van der Waals surface area contributed by atoms with Crippen LogP contribution in [0, 0.1) is 0 Å². The summed E-state index contributed by atoms with van der Waals surface area (Å²) in [6.07, 6.45) is 5.02. The molecule has 1 aromatic heterocycles. The van der Waals surface area contributed by atoms with Crippen LogP contribution >= 0.6 is 0 Å². The average molecular weight is 361 g/mol. The minimum Gasteiger partial charge on any atom is -0.497 e. The van der Waals surface area contributed by atoms with E-state index in [0.717, 1.165) is 36.5 Å². The molecule has 3 heteroatoms. The predicted molar refractivity (Wildman–Crippen MR) is 112 cm³/mol. The number of hydrogen-bond donors (Lipinski definition) is 0. The number of benzene rings is 2. The molecule has 27 heavy (non-hydrogen) atoms. The van der Waals surface area contributed by atoms with Crippen LogP contribution < -0.4 is 9.47 Å². The first-order valence-corrected chi connectivity index (χ1v) is 9.51. The van der Waals surface area contributed by atoms with Crippen LogP contribution in [0.3, 0.4) is 0 Å². The molecular weight excluding hydrogens is 334 g/mol. The molecule has 0 unspecified atom stereocenters. The van der Waals surface area contributed by atoms with Crippen molar-refractivity contribution in [3.8, 4) is 33.8 Å². The number of pyridine rings is 1. The summed E-state index contributed by atoms with van der Waals surface area (Å²) >= 11 is 0. The molecule has 3 rings (SSSR count). The quantitative estimate of drug-likeness (QED) is 0.521. The normalized spacial score (nSPS) is 10.7. The molecule has 0 bridgehead atoms. The maximum atomic E-state index is 5.34. The highest BCUT2D eigenvalue weighted by Crippen LogP contribution is 2.38. The number of methoxy groups -OCH3 is 2. The van der Waals surface area contributed by atoms with Crippen molar-refractivity contribution >= 4 is 0 Å². The van der Waals surface area contributed by atoms with E-state index in [4.69, 9.17) is 14.5 Å². The van der Waals surface area contributed by atoms with Crippen molar-refractivity contribution in [1.29, 1.82) is 0 Å². The molecule has 0 atom stereocenters. The molecule has 0 aliphatic rings. The summed E-state index contributed by atoms with van der Waals surface area (Å²) in [7, 11) is 3.39. The fraction of sp³-hybridized carbons (Fsp3) is 0.292. The lowest BCUT2D eigenvalue weighted by molar-refractivity contribution is 0.414. The summed E-state index contributed by atoms with van der Waals surface area (Å²) in [5.41, 5.74) is 7.26. The van der Waals surface area contributed by atoms with Gasteiger partial charge in [0.2, 0.25) is 0 Å². The molecule has 0 radical (unpaired) electrons. The van der Waals surface area contributed by atoms with Gasteiger partial charge in [-0.2, -0.15) is 0 Å². The lowest BCUT2D eigenvalue weighted by atomic mass is 9.88. The second kappa shape index (κ2) is 8.72. The monoisotopic (exact) mass is 361 g/mol. The topological polar surface area (TPSA) is 31.4 Å². The van der Waals surface area contributed by atoms with Crippen molar-refractivity contribution in [2.24, 2.45) is 0 Å². The fourth-order valence-electron chi connectivity index (χ4n) is 3.47. The number of ether oxygens (including phenoxy) is 2. The SMILES string of the molecule is CCCc1cnc(CC)c(-c2ccc(OC)cc2)c1-c1ccc(OC)cc1. The zero-order valence-electron chi connectivity index (χ0n) is 16.6. The van der Waals surface area contributed by atoms with Crippen molar-refractivity contribution in [3.63, 3.8) is 0 Å². The summed E-state index contributed by atoms with van der Waals surface area (Å²) in [5, 5.41) is 0. The largest absolute Gasteiger partial charge is 0.497 e. The minimum absolute atomic E-state index is 0.862. The van der Waals surface area contributed by atoms with Crippen molar-refractivity contribution in [1.82, 2.24) is 4.98 Å². The molecule has 1 heterocycles. The van der Waals surface area contributed by atoms with Gasteiger partial charge in [-0.3, -0.25) is 4.98 Å². The molecule has 0 N–H and O–H groups in total. The summed E-state index contributed by atoms with van der Waals surface area (Å²) in [6.45, 7) is 4.37. The zero-order valence-corrected chi connectivity index (χ0v) is 16.6. The highest BCUT2D eigenvalue weighted by molar-refractivity contribution is 5.87. The lowest BCUT2D eigenvalue weighted by Gasteiger charge is -2.19. The number of rotatable bonds is 7. The Labute approximate surface area is 162 Å². The summed E-state index contributed by atoms with van der Waals surface area (Å²) in [4.78, 5) is 4.80. The van der Waals surface area contributed by atoms with E-state index in [2.05, 4.69) is 44.3 Å². The summed E-state index contributed by atoms with van der Waals surface area (Å²) < 4.78 is 10.7. The first-order valence-electron chi connectivity index (χ1n) is 9.51. The van der Waals surface area contributed by atoms with E-state index in [-0.39, 0.29) is 0 Å². The lowest BCUT2D eigenvalue weighted by Crippen LogP contribution is -2.01. The summed E-state index contributed by atoms with van der Waals surface area (Å²) in [6, 6.07) is 16.6. The van der Waals surface area contributed by atoms with Gasteiger partial charge in [0.25, 0.3) is 0 Å². The standard InChI is InChI=1S/C24H27NO2/c1-5-7-19-16-25-22(6-2)24(18-10-14-21(27-4)15-11-18)23(19)17-8-12-20(26-3)13-9-17/h8-16H,5-7H2,1-4H3. The molecule has 3 nitrogen and oxygen atoms in total. The van der Waals surface area contributed by atoms with Crippen molar-refractivity contribution in [2.45, 2.75) is 33.1 Å². The van der Waals surface area contributed by atoms with Gasteiger partial charge in [0.15, 0.2) is 0 Å². The zero-order chi connectivity index (χ0) is 19.2. The molecule has 0 fully saturated rings. The van der Waals surface area contributed by atoms with Crippen LogP contribution in [0.25, 0.3) is 22.3 Å². The third-order valence-corrected chi connectivity index (χ3v) is 4.85. The van der Waals surface area contributed by atoms with Crippen molar-refractivity contribution in [2.75, 3.05) is 14.2 Å². The number of aromatic nitrogens is 1. The van der Waals surface area contributed by atoms with E-state index in [1.165, 1.54) is 27.8 Å². The van der Waals surface area contributed by atoms with Gasteiger partial charge >= 0.3 is 0 Å². The van der Waals surface area contributed by atoms with Crippen LogP contribution in [0.2, 0.25) is 0 Å². The van der Waals surface area contributed by atoms with Crippen LogP contribution in [0.15, 0.2) is 54.7 Å². The van der Waals surface area contributed by atoms with Crippen molar-refractivity contribution < 1.29 is 9.47 Å². The molecule has 0 aliphatic carbocycles. The molecule has 0 amide bonds. The van der Waals surface area contributed by atoms with E-state index < -0.39 is 0 Å². The molecule has 140 valence electrons. The molecule has 0 saturated carbocycles. The third kappa shape index (κ3) is 3.97. The average Bonchev–Trinajstić information content (AvgIpc) is 2.74. The summed E-state index contributed by atoms with van der Waals surface area (Å²) in [5.74, 6) is 1.73. The Morgan fingerprint density at radius 1 is 0.741 bits per heavy atom. The van der Waals surface area contributed by atoms with E-state index in [1.54, 1.807) is 14.2 Å². The number of hydrogen-bond acceptors (Lipinski definition) is 3. The molecule has 0 aliphatic heterocycles. The van der Waals surface area contributed by atoms with Gasteiger partial charge in [0.1, 0.15) is 11.5 Å². The van der Waals surface area contributed by atoms with Crippen LogP contribution in [-0.4, -0.2) is 19.2 Å². The van der Waals surface area contributed by atoms with E-state index in [1.807, 2.05) is 24.3 Å². The number of aryl methyl sites for hydroxylation is 2. The molecule has 0 spiro atoms. The maximum absolute atomic E-state index is 5.34. The first kappa shape index (κ1) is 19.0. The van der Waals surface area contributed by atoms with Gasteiger partial charge in [-0.1, -0.05) is 44.5 Å². The molecule has 3 aromatic rings. The predicted octanol–water partition coefficient (Wildman–Crippen LogP) is 5.95. The third-order valence-electron chi connectivity index (χ3n) is 4.85. The van der Waals surface area contributed by atoms with Crippen LogP contribution in [0.1, 0.15) is 31.5 Å². The van der Waals surface area contributed by atoms with E-state index in [9.17, 15) is 0 Å². The van der Waals surface area contributed by atoms with Gasteiger partial charge in [-0.05, 0) is 59.4 Å². The Morgan fingerprint density at radius 3 is 1.70 bits per heavy atom. The van der Waals surface area contributed by atoms with Gasteiger partial charge in [-0.25, -0.2) is 0 Å². The van der Waals surface area contributed by atoms with Gasteiger partial charge in [0.05, 0.1) is 14.2 Å². The van der Waals surface area contributed by atoms with Gasteiger partial charge in [-0.15, -0.1) is 0 Å². The molecular formula is C24H27NO2. The second-order valence-corrected chi connectivity index (χ2v) is 6.54. The maximum Gasteiger partial charge on any atom is 0.118 e. The smallest absolute Gasteiger partial charge is 0.118 e. The van der Waals surface area contributed by atoms with Crippen LogP contribution in [0.5, 0.6) is 11.5 Å². The Hall–Kier alpha value is -2.81. The van der Waals surface area contributed by atoms with Crippen LogP contribution in [-0.2, 0) is 12.8 Å².